The fourth-order valence-corrected chi connectivity index (χ4v) is 2.13. The summed E-state index contributed by atoms with van der Waals surface area (Å²) in [6.45, 7) is 2.79. The highest BCUT2D eigenvalue weighted by molar-refractivity contribution is 9.10. The number of aryl methyl sites for hydroxylation is 1. The van der Waals surface area contributed by atoms with E-state index in [9.17, 15) is 4.79 Å². The van der Waals surface area contributed by atoms with E-state index < -0.39 is 0 Å². The number of nitrogens with one attached hydrogen (secondary N) is 1. The molecule has 0 aromatic heterocycles. The molecule has 1 fully saturated rings. The molecule has 0 aliphatic heterocycles. The van der Waals surface area contributed by atoms with Crippen LogP contribution in [0.1, 0.15) is 35.2 Å². The van der Waals surface area contributed by atoms with Gasteiger partial charge in [-0.3, -0.25) is 4.79 Å². The summed E-state index contributed by atoms with van der Waals surface area (Å²) >= 11 is 3.40. The van der Waals surface area contributed by atoms with Crippen LogP contribution in [0.4, 0.5) is 0 Å². The highest BCUT2D eigenvalue weighted by Crippen LogP contribution is 2.31. The number of hydrogen-bond acceptors (Lipinski definition) is 1. The predicted molar refractivity (Wildman–Crippen MR) is 68.6 cm³/mol. The Morgan fingerprint density at radius 2 is 2.25 bits per heavy atom. The Kier molecular flexibility index (Phi) is 3.64. The quantitative estimate of drug-likeness (QED) is 0.902. The van der Waals surface area contributed by atoms with Crippen molar-refractivity contribution in [2.75, 3.05) is 6.54 Å². The van der Waals surface area contributed by atoms with Crippen molar-refractivity contribution in [1.29, 1.82) is 0 Å². The average molecular weight is 282 g/mol. The van der Waals surface area contributed by atoms with E-state index in [1.165, 1.54) is 12.8 Å². The van der Waals surface area contributed by atoms with Crippen LogP contribution in [0.15, 0.2) is 22.7 Å². The van der Waals surface area contributed by atoms with Gasteiger partial charge in [0.05, 0.1) is 5.56 Å². The van der Waals surface area contributed by atoms with Gasteiger partial charge in [0, 0.05) is 11.0 Å². The summed E-state index contributed by atoms with van der Waals surface area (Å²) in [5.74, 6) is 0.887. The van der Waals surface area contributed by atoms with Gasteiger partial charge in [0.2, 0.25) is 0 Å². The lowest BCUT2D eigenvalue weighted by Gasteiger charge is -2.07. The molecule has 1 aliphatic carbocycles. The molecule has 0 atom stereocenters. The molecule has 2 nitrogen and oxygen atoms in total. The standard InChI is InChI=1S/C13H16BrNO/c1-9-2-5-12(14)11(8-9)13(16)15-7-6-10-3-4-10/h2,5,8,10H,3-4,6-7H2,1H3,(H,15,16). The first kappa shape index (κ1) is 11.6. The van der Waals surface area contributed by atoms with Crippen LogP contribution in [-0.2, 0) is 0 Å². The minimum Gasteiger partial charge on any atom is -0.352 e. The molecular formula is C13H16BrNO. The predicted octanol–water partition coefficient (Wildman–Crippen LogP) is 3.29. The molecule has 0 bridgehead atoms. The van der Waals surface area contributed by atoms with E-state index in [1.807, 2.05) is 25.1 Å². The topological polar surface area (TPSA) is 29.1 Å². The highest BCUT2D eigenvalue weighted by Gasteiger charge is 2.20. The van der Waals surface area contributed by atoms with Gasteiger partial charge in [-0.15, -0.1) is 0 Å². The minimum absolute atomic E-state index is 0.0243. The lowest BCUT2D eigenvalue weighted by Crippen LogP contribution is -2.25. The van der Waals surface area contributed by atoms with Crippen LogP contribution in [0, 0.1) is 12.8 Å². The third-order valence-corrected chi connectivity index (χ3v) is 3.59. The smallest absolute Gasteiger partial charge is 0.252 e. The maximum Gasteiger partial charge on any atom is 0.252 e. The van der Waals surface area contributed by atoms with Crippen molar-refractivity contribution in [2.45, 2.75) is 26.2 Å². The van der Waals surface area contributed by atoms with Gasteiger partial charge in [-0.2, -0.15) is 0 Å². The Morgan fingerprint density at radius 3 is 2.94 bits per heavy atom. The Hall–Kier alpha value is -0.830. The fraction of sp³-hybridized carbons (Fsp3) is 0.462. The summed E-state index contributed by atoms with van der Waals surface area (Å²) in [6.07, 6.45) is 3.79. The molecule has 3 heteroatoms. The van der Waals surface area contributed by atoms with Crippen LogP contribution in [0.25, 0.3) is 0 Å². The normalized spacial score (nSPS) is 14.9. The zero-order valence-electron chi connectivity index (χ0n) is 9.42. The zero-order chi connectivity index (χ0) is 11.5. The zero-order valence-corrected chi connectivity index (χ0v) is 11.0. The summed E-state index contributed by atoms with van der Waals surface area (Å²) in [7, 11) is 0. The first-order chi connectivity index (χ1) is 7.66. The van der Waals surface area contributed by atoms with Crippen LogP contribution >= 0.6 is 15.9 Å². The molecule has 1 aromatic carbocycles. The number of benzene rings is 1. The lowest BCUT2D eigenvalue weighted by molar-refractivity contribution is 0.0952. The number of halogens is 1. The van der Waals surface area contributed by atoms with Gasteiger partial charge in [-0.1, -0.05) is 24.5 Å². The number of carbonyl (C=O) groups excluding carboxylic acids is 1. The van der Waals surface area contributed by atoms with Crippen LogP contribution in [0.3, 0.4) is 0 Å². The summed E-state index contributed by atoms with van der Waals surface area (Å²) < 4.78 is 0.863. The van der Waals surface area contributed by atoms with Gasteiger partial charge in [0.25, 0.3) is 5.91 Å². The Balaban J connectivity index is 1.93. The molecule has 1 amide bonds. The second-order valence-electron chi connectivity index (χ2n) is 4.47. The van der Waals surface area contributed by atoms with Crippen molar-refractivity contribution in [3.8, 4) is 0 Å². The van der Waals surface area contributed by atoms with Crippen molar-refractivity contribution in [1.82, 2.24) is 5.32 Å². The monoisotopic (exact) mass is 281 g/mol. The van der Waals surface area contributed by atoms with Gasteiger partial charge in [-0.25, -0.2) is 0 Å². The maximum absolute atomic E-state index is 11.9. The first-order valence-corrected chi connectivity index (χ1v) is 6.50. The van der Waals surface area contributed by atoms with Crippen LogP contribution in [0.5, 0.6) is 0 Å². The van der Waals surface area contributed by atoms with E-state index in [4.69, 9.17) is 0 Å². The van der Waals surface area contributed by atoms with Gasteiger partial charge in [-0.05, 0) is 47.3 Å². The second-order valence-corrected chi connectivity index (χ2v) is 5.33. The maximum atomic E-state index is 11.9. The number of hydrogen-bond donors (Lipinski definition) is 1. The molecule has 2 rings (SSSR count). The molecule has 86 valence electrons. The van der Waals surface area contributed by atoms with Crippen LogP contribution in [0.2, 0.25) is 0 Å². The third-order valence-electron chi connectivity index (χ3n) is 2.90. The van der Waals surface area contributed by atoms with Gasteiger partial charge >= 0.3 is 0 Å². The number of rotatable bonds is 4. The molecule has 0 spiro atoms. The largest absolute Gasteiger partial charge is 0.352 e. The van der Waals surface area contributed by atoms with Crippen molar-refractivity contribution < 1.29 is 4.79 Å². The van der Waals surface area contributed by atoms with E-state index in [2.05, 4.69) is 21.2 Å². The number of carbonyl (C=O) groups is 1. The molecule has 16 heavy (non-hydrogen) atoms. The van der Waals surface area contributed by atoms with Crippen molar-refractivity contribution in [2.24, 2.45) is 5.92 Å². The Morgan fingerprint density at radius 1 is 1.50 bits per heavy atom. The second kappa shape index (κ2) is 5.00. The lowest BCUT2D eigenvalue weighted by atomic mass is 10.1. The summed E-state index contributed by atoms with van der Waals surface area (Å²) in [5.41, 5.74) is 1.84. The minimum atomic E-state index is 0.0243. The molecular weight excluding hydrogens is 266 g/mol. The summed E-state index contributed by atoms with van der Waals surface area (Å²) in [5, 5.41) is 2.97. The SMILES string of the molecule is Cc1ccc(Br)c(C(=O)NCCC2CC2)c1. The molecule has 1 saturated carbocycles. The molecule has 0 radical (unpaired) electrons. The van der Waals surface area contributed by atoms with Crippen molar-refractivity contribution >= 4 is 21.8 Å². The molecule has 0 unspecified atom stereocenters. The Labute approximate surface area is 105 Å². The van der Waals surface area contributed by atoms with E-state index >= 15 is 0 Å². The van der Waals surface area contributed by atoms with Crippen LogP contribution < -0.4 is 5.32 Å². The van der Waals surface area contributed by atoms with Gasteiger partial charge in [0.15, 0.2) is 0 Å². The fourth-order valence-electron chi connectivity index (χ4n) is 1.70. The Bertz CT molecular complexity index is 399. The summed E-state index contributed by atoms with van der Waals surface area (Å²) in [4.78, 5) is 11.9. The van der Waals surface area contributed by atoms with Crippen molar-refractivity contribution in [3.63, 3.8) is 0 Å². The van der Waals surface area contributed by atoms with Crippen LogP contribution in [-0.4, -0.2) is 12.5 Å². The summed E-state index contributed by atoms with van der Waals surface area (Å²) in [6, 6.07) is 5.83. The molecule has 1 aromatic rings. The highest BCUT2D eigenvalue weighted by atomic mass is 79.9. The van der Waals surface area contributed by atoms with E-state index in [1.54, 1.807) is 0 Å². The van der Waals surface area contributed by atoms with Gasteiger partial charge < -0.3 is 5.32 Å². The molecule has 1 aliphatic rings. The molecule has 0 saturated heterocycles. The molecule has 0 heterocycles. The average Bonchev–Trinajstić information content (AvgIpc) is 3.05. The molecule has 1 N–H and O–H groups in total. The van der Waals surface area contributed by atoms with E-state index in [0.29, 0.717) is 0 Å². The van der Waals surface area contributed by atoms with Crippen molar-refractivity contribution in [3.05, 3.63) is 33.8 Å². The van der Waals surface area contributed by atoms with Gasteiger partial charge in [0.1, 0.15) is 0 Å². The number of amides is 1. The van der Waals surface area contributed by atoms with E-state index in [0.717, 1.165) is 34.5 Å². The third kappa shape index (κ3) is 3.08. The first-order valence-electron chi connectivity index (χ1n) is 5.71. The van der Waals surface area contributed by atoms with E-state index in [-0.39, 0.29) is 5.91 Å².